The molecular formula is C27H35IN2O2. The van der Waals surface area contributed by atoms with E-state index in [1.54, 1.807) is 11.9 Å². The highest BCUT2D eigenvalue weighted by Gasteiger charge is 2.52. The molecule has 0 bridgehead atoms. The number of nitrogens with zero attached hydrogens (tertiary/aromatic N) is 2. The van der Waals surface area contributed by atoms with Gasteiger partial charge in [-0.25, -0.2) is 4.79 Å². The van der Waals surface area contributed by atoms with Crippen LogP contribution in [0.15, 0.2) is 72.9 Å². The highest BCUT2D eigenvalue weighted by atomic mass is 127. The normalized spacial score (nSPS) is 19.0. The molecule has 2 aliphatic heterocycles. The quantitative estimate of drug-likeness (QED) is 0.376. The number of quaternary nitrogens is 1. The Morgan fingerprint density at radius 3 is 1.78 bits per heavy atom. The van der Waals surface area contributed by atoms with E-state index in [0.29, 0.717) is 0 Å². The van der Waals surface area contributed by atoms with E-state index in [0.717, 1.165) is 49.0 Å². The predicted molar refractivity (Wildman–Crippen MR) is 125 cm³/mol. The standard InChI is InChI=1S/C27H35N2O2.HI/c1-23-27(31-26(30)28(23)2)17-21-29(22-18-27,19-9-15-24-11-5-3-6-12-24)20-10-16-25-13-7-4-8-14-25;/h3-8,11-14H,1,9-10,15-22H2,2H3;1H/q+1;/p-1. The molecule has 5 heteroatoms. The van der Waals surface area contributed by atoms with E-state index in [1.807, 2.05) is 0 Å². The molecular weight excluding hydrogens is 511 g/mol. The average molecular weight is 546 g/mol. The zero-order chi connectivity index (χ0) is 21.7. The molecule has 0 N–H and O–H groups in total. The first-order valence-corrected chi connectivity index (χ1v) is 11.6. The van der Waals surface area contributed by atoms with Crippen LogP contribution in [-0.2, 0) is 17.6 Å². The SMILES string of the molecule is C=C1N(C)C(=O)OC12CC[N+](CCCc1ccccc1)(CCCc1ccccc1)CC2.[I-]. The van der Waals surface area contributed by atoms with Crippen molar-refractivity contribution in [3.63, 3.8) is 0 Å². The lowest BCUT2D eigenvalue weighted by Gasteiger charge is -2.47. The van der Waals surface area contributed by atoms with Gasteiger partial charge in [-0.1, -0.05) is 67.2 Å². The van der Waals surface area contributed by atoms with Crippen LogP contribution in [0.25, 0.3) is 0 Å². The molecule has 1 spiro atoms. The van der Waals surface area contributed by atoms with Gasteiger partial charge in [0.25, 0.3) is 0 Å². The highest BCUT2D eigenvalue weighted by molar-refractivity contribution is 5.74. The molecule has 0 unspecified atom stereocenters. The fourth-order valence-corrected chi connectivity index (χ4v) is 5.26. The zero-order valence-corrected chi connectivity index (χ0v) is 21.3. The Morgan fingerprint density at radius 1 is 0.906 bits per heavy atom. The summed E-state index contributed by atoms with van der Waals surface area (Å²) >= 11 is 0. The number of likely N-dealkylation sites (N-methyl/N-ethyl adjacent to an activating group) is 1. The van der Waals surface area contributed by atoms with Crippen molar-refractivity contribution in [2.24, 2.45) is 0 Å². The second-order valence-corrected chi connectivity index (χ2v) is 9.28. The minimum atomic E-state index is -0.480. The molecule has 2 aliphatic rings. The van der Waals surface area contributed by atoms with Gasteiger partial charge in [-0.3, -0.25) is 4.90 Å². The smallest absolute Gasteiger partial charge is 0.414 e. The summed E-state index contributed by atoms with van der Waals surface area (Å²) in [6.45, 7) is 8.63. The molecule has 4 nitrogen and oxygen atoms in total. The summed E-state index contributed by atoms with van der Waals surface area (Å²) in [5, 5.41) is 0. The number of halogens is 1. The van der Waals surface area contributed by atoms with Gasteiger partial charge < -0.3 is 33.2 Å². The van der Waals surface area contributed by atoms with Crippen molar-refractivity contribution in [3.05, 3.63) is 84.1 Å². The molecule has 2 fully saturated rings. The Balaban J connectivity index is 0.00000289. The van der Waals surface area contributed by atoms with E-state index in [1.165, 1.54) is 37.1 Å². The van der Waals surface area contributed by atoms with E-state index in [2.05, 4.69) is 67.2 Å². The summed E-state index contributed by atoms with van der Waals surface area (Å²) in [4.78, 5) is 13.7. The largest absolute Gasteiger partial charge is 1.00 e. The first-order valence-electron chi connectivity index (χ1n) is 11.6. The molecule has 0 saturated carbocycles. The molecule has 0 aromatic heterocycles. The van der Waals surface area contributed by atoms with Gasteiger partial charge in [0.2, 0.25) is 0 Å². The molecule has 4 rings (SSSR count). The van der Waals surface area contributed by atoms with Crippen molar-refractivity contribution in [2.75, 3.05) is 33.2 Å². The summed E-state index contributed by atoms with van der Waals surface area (Å²) in [5.41, 5.74) is 3.19. The predicted octanol–water partition coefficient (Wildman–Crippen LogP) is 2.20. The van der Waals surface area contributed by atoms with E-state index in [-0.39, 0.29) is 30.1 Å². The summed E-state index contributed by atoms with van der Waals surface area (Å²) in [5.74, 6) is 0. The van der Waals surface area contributed by atoms with Crippen LogP contribution in [0.3, 0.4) is 0 Å². The van der Waals surface area contributed by atoms with Crippen LogP contribution >= 0.6 is 0 Å². The number of benzene rings is 2. The van der Waals surface area contributed by atoms with Crippen LogP contribution in [0.5, 0.6) is 0 Å². The number of likely N-dealkylation sites (tertiary alicyclic amines) is 1. The molecule has 0 aliphatic carbocycles. The van der Waals surface area contributed by atoms with Crippen LogP contribution < -0.4 is 24.0 Å². The molecule has 32 heavy (non-hydrogen) atoms. The second kappa shape index (κ2) is 10.8. The van der Waals surface area contributed by atoms with Crippen molar-refractivity contribution in [1.29, 1.82) is 0 Å². The van der Waals surface area contributed by atoms with E-state index >= 15 is 0 Å². The number of hydrogen-bond acceptors (Lipinski definition) is 2. The van der Waals surface area contributed by atoms with Gasteiger partial charge in [-0.2, -0.15) is 0 Å². The van der Waals surface area contributed by atoms with Gasteiger partial charge in [0.15, 0.2) is 5.60 Å². The van der Waals surface area contributed by atoms with Crippen LogP contribution in [-0.4, -0.2) is 54.3 Å². The number of ether oxygens (including phenoxy) is 1. The minimum Gasteiger partial charge on any atom is -1.00 e. The van der Waals surface area contributed by atoms with E-state index < -0.39 is 5.60 Å². The molecule has 2 saturated heterocycles. The fourth-order valence-electron chi connectivity index (χ4n) is 5.26. The molecule has 172 valence electrons. The van der Waals surface area contributed by atoms with Crippen LogP contribution in [0, 0.1) is 0 Å². The molecule has 0 atom stereocenters. The Bertz CT molecular complexity index is 845. The number of amides is 1. The average Bonchev–Trinajstić information content (AvgIpc) is 3.01. The first kappa shape index (κ1) is 24.8. The van der Waals surface area contributed by atoms with Crippen LogP contribution in [0.4, 0.5) is 4.79 Å². The zero-order valence-electron chi connectivity index (χ0n) is 19.1. The topological polar surface area (TPSA) is 29.5 Å². The van der Waals surface area contributed by atoms with Gasteiger partial charge in [0.1, 0.15) is 0 Å². The highest BCUT2D eigenvalue weighted by Crippen LogP contribution is 2.41. The molecule has 2 heterocycles. The molecule has 2 aromatic rings. The summed E-state index contributed by atoms with van der Waals surface area (Å²) in [7, 11) is 1.77. The Kier molecular flexibility index (Phi) is 8.39. The Hall–Kier alpha value is -1.86. The summed E-state index contributed by atoms with van der Waals surface area (Å²) in [6.07, 6.45) is 6.10. The monoisotopic (exact) mass is 546 g/mol. The van der Waals surface area contributed by atoms with Crippen LogP contribution in [0.1, 0.15) is 36.8 Å². The van der Waals surface area contributed by atoms with Crippen molar-refractivity contribution < 1.29 is 38.0 Å². The van der Waals surface area contributed by atoms with Gasteiger partial charge in [-0.15, -0.1) is 0 Å². The number of rotatable bonds is 8. The molecule has 1 amide bonds. The lowest BCUT2D eigenvalue weighted by atomic mass is 9.86. The first-order chi connectivity index (χ1) is 15.0. The fraction of sp³-hybridized carbons (Fsp3) is 0.444. The number of carbonyl (C=O) groups excluding carboxylic acids is 1. The Labute approximate surface area is 209 Å². The number of hydrogen-bond donors (Lipinski definition) is 0. The van der Waals surface area contributed by atoms with Crippen molar-refractivity contribution in [3.8, 4) is 0 Å². The van der Waals surface area contributed by atoms with Gasteiger partial charge in [0, 0.05) is 32.7 Å². The number of carbonyl (C=O) groups is 1. The van der Waals surface area contributed by atoms with Gasteiger partial charge in [0.05, 0.1) is 31.9 Å². The second-order valence-electron chi connectivity index (χ2n) is 9.28. The molecule has 2 aromatic carbocycles. The maximum Gasteiger partial charge on any atom is 0.414 e. The Morgan fingerprint density at radius 2 is 1.38 bits per heavy atom. The van der Waals surface area contributed by atoms with Crippen LogP contribution in [0.2, 0.25) is 0 Å². The lowest BCUT2D eigenvalue weighted by molar-refractivity contribution is -0.934. The maximum absolute atomic E-state index is 12.1. The van der Waals surface area contributed by atoms with Gasteiger partial charge >= 0.3 is 6.09 Å². The summed E-state index contributed by atoms with van der Waals surface area (Å²) in [6, 6.07) is 21.6. The van der Waals surface area contributed by atoms with Crippen molar-refractivity contribution in [2.45, 2.75) is 44.1 Å². The van der Waals surface area contributed by atoms with Crippen molar-refractivity contribution >= 4 is 6.09 Å². The third-order valence-electron chi connectivity index (χ3n) is 7.35. The summed E-state index contributed by atoms with van der Waals surface area (Å²) < 4.78 is 6.95. The maximum atomic E-state index is 12.1. The molecule has 0 radical (unpaired) electrons. The van der Waals surface area contributed by atoms with E-state index in [9.17, 15) is 4.79 Å². The van der Waals surface area contributed by atoms with Crippen molar-refractivity contribution in [1.82, 2.24) is 4.90 Å². The number of piperidine rings is 1. The van der Waals surface area contributed by atoms with Gasteiger partial charge in [-0.05, 0) is 24.0 Å². The third-order valence-corrected chi connectivity index (χ3v) is 7.35. The third kappa shape index (κ3) is 5.54. The lowest BCUT2D eigenvalue weighted by Crippen LogP contribution is -3.00. The minimum absolute atomic E-state index is 0. The number of aryl methyl sites for hydroxylation is 2. The van der Waals surface area contributed by atoms with E-state index in [4.69, 9.17) is 4.74 Å².